The molecule has 2 aromatic heterocycles. The van der Waals surface area contributed by atoms with Gasteiger partial charge in [0.05, 0.1) is 25.3 Å². The first-order valence-corrected chi connectivity index (χ1v) is 10.3. The maximum Gasteiger partial charge on any atom is 0.435 e. The Kier molecular flexibility index (Phi) is 6.45. The Bertz CT molecular complexity index is 941. The van der Waals surface area contributed by atoms with E-state index in [0.717, 1.165) is 23.0 Å². The van der Waals surface area contributed by atoms with E-state index in [0.29, 0.717) is 38.5 Å². The summed E-state index contributed by atoms with van der Waals surface area (Å²) in [6.07, 6.45) is -9.01. The number of hydrogen-bond donors (Lipinski definition) is 0. The molecule has 2 atom stereocenters. The maximum absolute atomic E-state index is 13.2. The first-order chi connectivity index (χ1) is 15.5. The number of nitrogens with zero attached hydrogens (tertiary/aromatic N) is 4. The minimum atomic E-state index is -4.63. The maximum atomic E-state index is 13.2. The van der Waals surface area contributed by atoms with Crippen LogP contribution in [0.15, 0.2) is 24.4 Å². The second kappa shape index (κ2) is 9.01. The van der Waals surface area contributed by atoms with E-state index in [1.165, 1.54) is 6.07 Å². The molecule has 0 amide bonds. The lowest BCUT2D eigenvalue weighted by Gasteiger charge is -2.37. The number of alkyl halides is 6. The highest BCUT2D eigenvalue weighted by atomic mass is 19.4. The average molecular weight is 480 g/mol. The third-order valence-corrected chi connectivity index (χ3v) is 5.54. The highest BCUT2D eigenvalue weighted by Gasteiger charge is 2.37. The predicted molar refractivity (Wildman–Crippen MR) is 103 cm³/mol. The summed E-state index contributed by atoms with van der Waals surface area (Å²) >= 11 is 0. The van der Waals surface area contributed by atoms with Crippen LogP contribution in [-0.2, 0) is 28.4 Å². The molecule has 0 N–H and O–H groups in total. The van der Waals surface area contributed by atoms with Crippen molar-refractivity contribution in [3.63, 3.8) is 0 Å². The monoisotopic (exact) mass is 480 g/mol. The zero-order chi connectivity index (χ0) is 23.8. The molecule has 0 aliphatic carbocycles. The first-order valence-electron chi connectivity index (χ1n) is 10.3. The van der Waals surface area contributed by atoms with Gasteiger partial charge in [0.1, 0.15) is 11.9 Å². The van der Waals surface area contributed by atoms with Crippen molar-refractivity contribution in [2.24, 2.45) is 5.92 Å². The fraction of sp³-hybridized carbons (Fsp3) is 0.600. The van der Waals surface area contributed by atoms with Crippen molar-refractivity contribution in [1.29, 1.82) is 0 Å². The van der Waals surface area contributed by atoms with Gasteiger partial charge in [0.25, 0.3) is 0 Å². The van der Waals surface area contributed by atoms with Crippen molar-refractivity contribution < 1.29 is 40.6 Å². The molecule has 2 saturated heterocycles. The van der Waals surface area contributed by atoms with Crippen molar-refractivity contribution in [1.82, 2.24) is 14.8 Å². The van der Waals surface area contributed by atoms with E-state index < -0.39 is 36.0 Å². The van der Waals surface area contributed by atoms with Crippen molar-refractivity contribution in [3.05, 3.63) is 35.7 Å². The van der Waals surface area contributed by atoms with Crippen molar-refractivity contribution in [2.75, 3.05) is 31.2 Å². The van der Waals surface area contributed by atoms with Crippen LogP contribution in [0.3, 0.4) is 0 Å². The third-order valence-electron chi connectivity index (χ3n) is 5.54. The fourth-order valence-electron chi connectivity index (χ4n) is 3.82. The molecule has 0 bridgehead atoms. The number of halogens is 6. The van der Waals surface area contributed by atoms with Gasteiger partial charge in [-0.2, -0.15) is 31.4 Å². The van der Waals surface area contributed by atoms with Crippen molar-refractivity contribution >= 4 is 5.82 Å². The second-order valence-corrected chi connectivity index (χ2v) is 7.99. The quantitative estimate of drug-likeness (QED) is 0.604. The van der Waals surface area contributed by atoms with E-state index in [2.05, 4.69) is 10.1 Å². The van der Waals surface area contributed by atoms with Crippen LogP contribution in [0.4, 0.5) is 32.2 Å². The highest BCUT2D eigenvalue weighted by Crippen LogP contribution is 2.34. The second-order valence-electron chi connectivity index (χ2n) is 7.99. The molecule has 0 aromatic carbocycles. The Labute approximate surface area is 185 Å². The van der Waals surface area contributed by atoms with Gasteiger partial charge in [-0.05, 0) is 12.1 Å². The van der Waals surface area contributed by atoms with Gasteiger partial charge in [0.15, 0.2) is 12.0 Å². The van der Waals surface area contributed by atoms with E-state index in [1.807, 2.05) is 11.8 Å². The summed E-state index contributed by atoms with van der Waals surface area (Å²) in [6.45, 7) is 3.34. The minimum Gasteiger partial charge on any atom is -0.474 e. The van der Waals surface area contributed by atoms with Crippen LogP contribution in [0, 0.1) is 5.92 Å². The standard InChI is InChI=1S/C20H22F6N4O3/c1-12-10-29(16-3-2-13(9-27-16)19(21,22)23)5-4-14(12)33-17-8-15(20(24,25)26)28-30(17)11-18-31-6-7-32-18/h2-3,8-9,12,14,18H,4-7,10-11H2,1H3. The molecule has 0 spiro atoms. The summed E-state index contributed by atoms with van der Waals surface area (Å²) in [7, 11) is 0. The van der Waals surface area contributed by atoms with E-state index in [4.69, 9.17) is 14.2 Å². The van der Waals surface area contributed by atoms with E-state index in [1.54, 1.807) is 0 Å². The molecule has 7 nitrogen and oxygen atoms in total. The van der Waals surface area contributed by atoms with E-state index in [9.17, 15) is 26.3 Å². The molecule has 2 fully saturated rings. The Morgan fingerprint density at radius 1 is 1.09 bits per heavy atom. The van der Waals surface area contributed by atoms with Crippen LogP contribution >= 0.6 is 0 Å². The summed E-state index contributed by atoms with van der Waals surface area (Å²) in [5, 5.41) is 3.62. The number of piperidine rings is 1. The van der Waals surface area contributed by atoms with Crippen LogP contribution in [-0.4, -0.2) is 53.5 Å². The molecule has 4 rings (SSSR count). The van der Waals surface area contributed by atoms with Gasteiger partial charge in [0.2, 0.25) is 5.88 Å². The molecular formula is C20H22F6N4O3. The number of ether oxygens (including phenoxy) is 3. The predicted octanol–water partition coefficient (Wildman–Crippen LogP) is 3.98. The van der Waals surface area contributed by atoms with Gasteiger partial charge < -0.3 is 19.1 Å². The third kappa shape index (κ3) is 5.52. The van der Waals surface area contributed by atoms with E-state index in [-0.39, 0.29) is 18.3 Å². The molecule has 2 unspecified atom stereocenters. The van der Waals surface area contributed by atoms with Crippen LogP contribution < -0.4 is 9.64 Å². The average Bonchev–Trinajstić information content (AvgIpc) is 3.39. The Morgan fingerprint density at radius 2 is 1.82 bits per heavy atom. The zero-order valence-corrected chi connectivity index (χ0v) is 17.6. The largest absolute Gasteiger partial charge is 0.474 e. The number of aromatic nitrogens is 3. The Morgan fingerprint density at radius 3 is 2.39 bits per heavy atom. The molecule has 0 saturated carbocycles. The summed E-state index contributed by atoms with van der Waals surface area (Å²) in [6, 6.07) is 3.13. The van der Waals surface area contributed by atoms with Gasteiger partial charge >= 0.3 is 12.4 Å². The molecule has 0 radical (unpaired) electrons. The van der Waals surface area contributed by atoms with Gasteiger partial charge in [-0.15, -0.1) is 0 Å². The van der Waals surface area contributed by atoms with Gasteiger partial charge in [0, 0.05) is 37.7 Å². The normalized spacial score (nSPS) is 22.7. The molecule has 2 aliphatic heterocycles. The first kappa shape index (κ1) is 23.6. The lowest BCUT2D eigenvalue weighted by molar-refractivity contribution is -0.142. The van der Waals surface area contributed by atoms with Gasteiger partial charge in [-0.3, -0.25) is 0 Å². The zero-order valence-electron chi connectivity index (χ0n) is 17.6. The Balaban J connectivity index is 1.44. The van der Waals surface area contributed by atoms with Crippen LogP contribution in [0.1, 0.15) is 24.6 Å². The van der Waals surface area contributed by atoms with Crippen LogP contribution in [0.25, 0.3) is 0 Å². The number of rotatable bonds is 5. The molecule has 182 valence electrons. The molecule has 33 heavy (non-hydrogen) atoms. The minimum absolute atomic E-state index is 0.0422. The van der Waals surface area contributed by atoms with Gasteiger partial charge in [-0.25, -0.2) is 9.67 Å². The molecule has 4 heterocycles. The van der Waals surface area contributed by atoms with Crippen LogP contribution in [0.5, 0.6) is 5.88 Å². The summed E-state index contributed by atoms with van der Waals surface area (Å²) < 4.78 is 95.5. The SMILES string of the molecule is CC1CN(c2ccc(C(F)(F)F)cn2)CCC1Oc1cc(C(F)(F)F)nn1CC1OCCO1. The lowest BCUT2D eigenvalue weighted by atomic mass is 9.96. The fourth-order valence-corrected chi connectivity index (χ4v) is 3.82. The summed E-state index contributed by atoms with van der Waals surface area (Å²) in [4.78, 5) is 5.74. The van der Waals surface area contributed by atoms with Gasteiger partial charge in [-0.1, -0.05) is 6.92 Å². The van der Waals surface area contributed by atoms with E-state index >= 15 is 0 Å². The summed E-state index contributed by atoms with van der Waals surface area (Å²) in [5.41, 5.74) is -1.91. The summed E-state index contributed by atoms with van der Waals surface area (Å²) in [5.74, 6) is 0.215. The Hall–Kier alpha value is -2.54. The molecule has 13 heteroatoms. The lowest BCUT2D eigenvalue weighted by Crippen LogP contribution is -2.45. The topological polar surface area (TPSA) is 61.6 Å². The smallest absolute Gasteiger partial charge is 0.435 e. The molecule has 2 aliphatic rings. The van der Waals surface area contributed by atoms with Crippen LogP contribution in [0.2, 0.25) is 0 Å². The number of pyridine rings is 1. The number of hydrogen-bond acceptors (Lipinski definition) is 6. The van der Waals surface area contributed by atoms with Crippen molar-refractivity contribution in [3.8, 4) is 5.88 Å². The molecular weight excluding hydrogens is 458 g/mol. The number of anilines is 1. The molecule has 2 aromatic rings. The highest BCUT2D eigenvalue weighted by molar-refractivity contribution is 5.40. The van der Waals surface area contributed by atoms with Crippen molar-refractivity contribution in [2.45, 2.75) is 44.6 Å².